The van der Waals surface area contributed by atoms with Crippen molar-refractivity contribution in [3.63, 3.8) is 0 Å². The highest BCUT2D eigenvalue weighted by atomic mass is 28.4. The Morgan fingerprint density at radius 1 is 1.23 bits per heavy atom. The molecule has 1 aromatic carbocycles. The summed E-state index contributed by atoms with van der Waals surface area (Å²) in [7, 11) is -1.80. The lowest BCUT2D eigenvalue weighted by Crippen LogP contribution is -2.40. The quantitative estimate of drug-likeness (QED) is 0.258. The summed E-state index contributed by atoms with van der Waals surface area (Å²) in [6.07, 6.45) is 1.63. The number of ether oxygens (including phenoxy) is 2. The predicted octanol–water partition coefficient (Wildman–Crippen LogP) is 5.54. The molecule has 5 heteroatoms. The molecule has 0 heterocycles. The van der Waals surface area contributed by atoms with Crippen LogP contribution < -0.4 is 0 Å². The zero-order valence-corrected chi connectivity index (χ0v) is 18.5. The average molecular weight is 379 g/mol. The maximum absolute atomic E-state index is 12.1. The van der Waals surface area contributed by atoms with Gasteiger partial charge < -0.3 is 13.9 Å². The van der Waals surface area contributed by atoms with Crippen LogP contribution >= 0.6 is 0 Å². The molecule has 0 bridgehead atoms. The Balaban J connectivity index is 2.97. The van der Waals surface area contributed by atoms with E-state index in [1.54, 1.807) is 13.0 Å². The molecule has 1 aromatic rings. The second-order valence-electron chi connectivity index (χ2n) is 8.19. The van der Waals surface area contributed by atoms with Crippen LogP contribution in [0.3, 0.4) is 0 Å². The van der Waals surface area contributed by atoms with Gasteiger partial charge in [0.2, 0.25) is 5.76 Å². The lowest BCUT2D eigenvalue weighted by molar-refractivity contribution is -0.143. The van der Waals surface area contributed by atoms with Crippen molar-refractivity contribution in [3.05, 3.63) is 41.2 Å². The molecule has 0 amide bonds. The predicted molar refractivity (Wildman–Crippen MR) is 109 cm³/mol. The van der Waals surface area contributed by atoms with Crippen molar-refractivity contribution >= 4 is 20.4 Å². The number of hydrogen-bond acceptors (Lipinski definition) is 4. The summed E-state index contributed by atoms with van der Waals surface area (Å²) in [6, 6.07) is 7.97. The van der Waals surface area contributed by atoms with Gasteiger partial charge in [0.15, 0.2) is 8.32 Å². The molecule has 0 aliphatic rings. The molecule has 0 aliphatic carbocycles. The van der Waals surface area contributed by atoms with E-state index in [0.29, 0.717) is 13.2 Å². The van der Waals surface area contributed by atoms with Crippen molar-refractivity contribution in [2.45, 2.75) is 72.4 Å². The standard InChI is InChI=1S/C21H34O4Si/c1-9-23-20(22)19(25-16(2)3)14-17-11-10-12-18(13-17)15-24-26(7,8)21(4,5)6/h10-14,16H,9,15H2,1-8H3. The Hall–Kier alpha value is -1.59. The van der Waals surface area contributed by atoms with Gasteiger partial charge >= 0.3 is 5.97 Å². The molecule has 0 saturated heterocycles. The van der Waals surface area contributed by atoms with Crippen LogP contribution in [0, 0.1) is 0 Å². The van der Waals surface area contributed by atoms with Gasteiger partial charge in [-0.05, 0) is 62.2 Å². The molecule has 0 aliphatic heterocycles. The first-order valence-corrected chi connectivity index (χ1v) is 12.2. The minimum Gasteiger partial charge on any atom is -0.484 e. The zero-order chi connectivity index (χ0) is 20.0. The summed E-state index contributed by atoms with van der Waals surface area (Å²) in [5.74, 6) is -0.214. The Morgan fingerprint density at radius 3 is 2.42 bits per heavy atom. The highest BCUT2D eigenvalue weighted by Crippen LogP contribution is 2.37. The number of carbonyl (C=O) groups excluding carboxylic acids is 1. The lowest BCUT2D eigenvalue weighted by atomic mass is 10.1. The minimum atomic E-state index is -1.80. The Kier molecular flexibility index (Phi) is 8.09. The van der Waals surface area contributed by atoms with Gasteiger partial charge in [-0.15, -0.1) is 0 Å². The van der Waals surface area contributed by atoms with Crippen molar-refractivity contribution < 1.29 is 18.7 Å². The molecular formula is C21H34O4Si. The molecule has 0 atom stereocenters. The van der Waals surface area contributed by atoms with Gasteiger partial charge in [0.1, 0.15) is 0 Å². The number of esters is 1. The second kappa shape index (κ2) is 9.37. The summed E-state index contributed by atoms with van der Waals surface area (Å²) in [6.45, 7) is 17.6. The van der Waals surface area contributed by atoms with Gasteiger partial charge in [-0.2, -0.15) is 0 Å². The fourth-order valence-corrected chi connectivity index (χ4v) is 2.96. The van der Waals surface area contributed by atoms with E-state index in [1.165, 1.54) is 0 Å². The molecule has 0 spiro atoms. The Labute approximate surface area is 159 Å². The van der Waals surface area contributed by atoms with E-state index >= 15 is 0 Å². The van der Waals surface area contributed by atoms with Crippen molar-refractivity contribution in [1.82, 2.24) is 0 Å². The van der Waals surface area contributed by atoms with E-state index in [0.717, 1.165) is 11.1 Å². The summed E-state index contributed by atoms with van der Waals surface area (Å²) in [4.78, 5) is 12.1. The molecule has 146 valence electrons. The molecule has 26 heavy (non-hydrogen) atoms. The Bertz CT molecular complexity index is 627. The molecule has 0 unspecified atom stereocenters. The molecule has 0 radical (unpaired) electrons. The third-order valence-corrected chi connectivity index (χ3v) is 8.97. The smallest absolute Gasteiger partial charge is 0.373 e. The highest BCUT2D eigenvalue weighted by Gasteiger charge is 2.36. The summed E-state index contributed by atoms with van der Waals surface area (Å²) >= 11 is 0. The largest absolute Gasteiger partial charge is 0.484 e. The normalized spacial score (nSPS) is 13.0. The van der Waals surface area contributed by atoms with E-state index in [4.69, 9.17) is 13.9 Å². The first kappa shape index (κ1) is 22.4. The van der Waals surface area contributed by atoms with Gasteiger partial charge in [-0.1, -0.05) is 39.0 Å². The van der Waals surface area contributed by atoms with Crippen molar-refractivity contribution in [2.75, 3.05) is 6.61 Å². The van der Waals surface area contributed by atoms with Crippen LogP contribution in [0.1, 0.15) is 52.7 Å². The molecule has 1 rings (SSSR count). The van der Waals surface area contributed by atoms with Crippen LogP contribution in [0.25, 0.3) is 6.08 Å². The lowest BCUT2D eigenvalue weighted by Gasteiger charge is -2.36. The van der Waals surface area contributed by atoms with Gasteiger partial charge in [0.05, 0.1) is 19.3 Å². The van der Waals surface area contributed by atoms with Gasteiger partial charge in [-0.25, -0.2) is 4.79 Å². The van der Waals surface area contributed by atoms with Crippen LogP contribution in [-0.2, 0) is 25.3 Å². The van der Waals surface area contributed by atoms with E-state index in [2.05, 4.69) is 33.9 Å². The fraction of sp³-hybridized carbons (Fsp3) is 0.571. The van der Waals surface area contributed by atoms with Crippen LogP contribution in [-0.4, -0.2) is 27.0 Å². The topological polar surface area (TPSA) is 44.8 Å². The monoisotopic (exact) mass is 378 g/mol. The molecular weight excluding hydrogens is 344 g/mol. The van der Waals surface area contributed by atoms with Crippen LogP contribution in [0.4, 0.5) is 0 Å². The Morgan fingerprint density at radius 2 is 1.88 bits per heavy atom. The summed E-state index contributed by atoms with van der Waals surface area (Å²) in [5.41, 5.74) is 1.97. The van der Waals surface area contributed by atoms with Gasteiger partial charge in [0.25, 0.3) is 0 Å². The van der Waals surface area contributed by atoms with E-state index < -0.39 is 14.3 Å². The SMILES string of the molecule is CCOC(=O)C(=Cc1cccc(CO[Si](C)(C)C(C)(C)C)c1)OC(C)C. The molecule has 0 N–H and O–H groups in total. The van der Waals surface area contributed by atoms with Gasteiger partial charge in [0, 0.05) is 0 Å². The van der Waals surface area contributed by atoms with Crippen LogP contribution in [0.15, 0.2) is 30.0 Å². The van der Waals surface area contributed by atoms with Crippen molar-refractivity contribution in [2.24, 2.45) is 0 Å². The first-order valence-electron chi connectivity index (χ1n) is 9.24. The maximum Gasteiger partial charge on any atom is 0.373 e. The first-order chi connectivity index (χ1) is 12.0. The number of carbonyl (C=O) groups is 1. The van der Waals surface area contributed by atoms with E-state index in [-0.39, 0.29) is 16.9 Å². The van der Waals surface area contributed by atoms with E-state index in [9.17, 15) is 4.79 Å². The number of hydrogen-bond donors (Lipinski definition) is 0. The summed E-state index contributed by atoms with van der Waals surface area (Å²) < 4.78 is 17.0. The highest BCUT2D eigenvalue weighted by molar-refractivity contribution is 6.74. The summed E-state index contributed by atoms with van der Waals surface area (Å²) in [5, 5.41) is 0.173. The molecule has 4 nitrogen and oxygen atoms in total. The second-order valence-corrected chi connectivity index (χ2v) is 13.0. The van der Waals surface area contributed by atoms with Crippen LogP contribution in [0.2, 0.25) is 18.1 Å². The van der Waals surface area contributed by atoms with Crippen LogP contribution in [0.5, 0.6) is 0 Å². The third kappa shape index (κ3) is 6.96. The van der Waals surface area contributed by atoms with Gasteiger partial charge in [-0.3, -0.25) is 0 Å². The molecule has 0 saturated carbocycles. The number of benzene rings is 1. The molecule has 0 fully saturated rings. The van der Waals surface area contributed by atoms with E-state index in [1.807, 2.05) is 38.1 Å². The van der Waals surface area contributed by atoms with Crippen molar-refractivity contribution in [3.8, 4) is 0 Å². The van der Waals surface area contributed by atoms with Crippen molar-refractivity contribution in [1.29, 1.82) is 0 Å². The minimum absolute atomic E-state index is 0.101. The zero-order valence-electron chi connectivity index (χ0n) is 17.5. The molecule has 0 aromatic heterocycles. The maximum atomic E-state index is 12.1. The average Bonchev–Trinajstić information content (AvgIpc) is 2.51. The third-order valence-electron chi connectivity index (χ3n) is 4.49. The fourth-order valence-electron chi connectivity index (χ4n) is 2.00. The number of rotatable bonds is 8.